The number of rotatable bonds is 8. The van der Waals surface area contributed by atoms with Crippen molar-refractivity contribution < 1.29 is 13.2 Å². The van der Waals surface area contributed by atoms with Crippen LogP contribution in [0.2, 0.25) is 0 Å². The SMILES string of the molecule is Cc1ccc(OCCc2ccc(C=NN)cc2)cc1NS(=O)(=O)c1ccccc1. The van der Waals surface area contributed by atoms with Gasteiger partial charge >= 0.3 is 0 Å². The van der Waals surface area contributed by atoms with Crippen LogP contribution in [0.15, 0.2) is 82.8 Å². The highest BCUT2D eigenvalue weighted by Crippen LogP contribution is 2.25. The van der Waals surface area contributed by atoms with E-state index in [0.717, 1.165) is 23.1 Å². The molecule has 0 aliphatic rings. The van der Waals surface area contributed by atoms with Crippen molar-refractivity contribution in [2.45, 2.75) is 18.2 Å². The smallest absolute Gasteiger partial charge is 0.261 e. The largest absolute Gasteiger partial charge is 0.493 e. The van der Waals surface area contributed by atoms with E-state index in [1.165, 1.54) is 0 Å². The summed E-state index contributed by atoms with van der Waals surface area (Å²) in [6, 6.07) is 21.5. The maximum atomic E-state index is 12.6. The summed E-state index contributed by atoms with van der Waals surface area (Å²) in [5, 5.41) is 3.50. The van der Waals surface area contributed by atoms with Gasteiger partial charge in [-0.1, -0.05) is 48.5 Å². The van der Waals surface area contributed by atoms with Crippen LogP contribution in [0, 0.1) is 6.92 Å². The summed E-state index contributed by atoms with van der Waals surface area (Å²) >= 11 is 0. The molecular weight excluding hydrogens is 386 g/mol. The zero-order valence-electron chi connectivity index (χ0n) is 16.1. The standard InChI is InChI=1S/C22H23N3O3S/c1-17-7-12-20(28-14-13-18-8-10-19(11-9-18)16-24-23)15-22(17)25-29(26,27)21-5-3-2-4-6-21/h2-12,15-16,25H,13-14,23H2,1H3. The molecular formula is C22H23N3O3S. The monoisotopic (exact) mass is 409 g/mol. The van der Waals surface area contributed by atoms with Crippen LogP contribution >= 0.6 is 0 Å². The third-order valence-corrected chi connectivity index (χ3v) is 5.75. The van der Waals surface area contributed by atoms with Gasteiger partial charge in [0.15, 0.2) is 0 Å². The van der Waals surface area contributed by atoms with E-state index in [2.05, 4.69) is 9.82 Å². The van der Waals surface area contributed by atoms with E-state index in [1.54, 1.807) is 42.6 Å². The van der Waals surface area contributed by atoms with Crippen LogP contribution in [0.1, 0.15) is 16.7 Å². The molecule has 0 saturated heterocycles. The van der Waals surface area contributed by atoms with E-state index in [1.807, 2.05) is 43.3 Å². The number of benzene rings is 3. The molecule has 0 atom stereocenters. The molecule has 0 aromatic heterocycles. The number of aryl methyl sites for hydroxylation is 1. The predicted octanol–water partition coefficient (Wildman–Crippen LogP) is 3.71. The van der Waals surface area contributed by atoms with Gasteiger partial charge in [0.25, 0.3) is 10.0 Å². The Morgan fingerprint density at radius 3 is 2.45 bits per heavy atom. The Morgan fingerprint density at radius 1 is 1.03 bits per heavy atom. The molecule has 0 saturated carbocycles. The highest BCUT2D eigenvalue weighted by molar-refractivity contribution is 7.92. The Labute approximate surface area is 171 Å². The van der Waals surface area contributed by atoms with Gasteiger partial charge in [-0.05, 0) is 41.8 Å². The number of sulfonamides is 1. The predicted molar refractivity (Wildman–Crippen MR) is 116 cm³/mol. The number of nitrogens with two attached hydrogens (primary N) is 1. The third kappa shape index (κ3) is 5.58. The first-order valence-corrected chi connectivity index (χ1v) is 10.6. The molecule has 0 bridgehead atoms. The first kappa shape index (κ1) is 20.4. The Morgan fingerprint density at radius 2 is 1.76 bits per heavy atom. The van der Waals surface area contributed by atoms with Gasteiger partial charge in [0.05, 0.1) is 23.4 Å². The number of hydrazone groups is 1. The molecule has 0 heterocycles. The third-order valence-electron chi connectivity index (χ3n) is 4.37. The van der Waals surface area contributed by atoms with E-state index in [0.29, 0.717) is 18.0 Å². The molecule has 3 N–H and O–H groups in total. The quantitative estimate of drug-likeness (QED) is 0.337. The lowest BCUT2D eigenvalue weighted by molar-refractivity contribution is 0.322. The molecule has 29 heavy (non-hydrogen) atoms. The molecule has 0 amide bonds. The van der Waals surface area contributed by atoms with E-state index < -0.39 is 10.0 Å². The highest BCUT2D eigenvalue weighted by Gasteiger charge is 2.15. The molecule has 0 fully saturated rings. The topological polar surface area (TPSA) is 93.8 Å². The van der Waals surface area contributed by atoms with Crippen molar-refractivity contribution in [3.8, 4) is 5.75 Å². The Kier molecular flexibility index (Phi) is 6.51. The first-order valence-electron chi connectivity index (χ1n) is 9.11. The van der Waals surface area contributed by atoms with E-state index in [-0.39, 0.29) is 4.90 Å². The number of nitrogens with zero attached hydrogens (tertiary/aromatic N) is 1. The summed E-state index contributed by atoms with van der Waals surface area (Å²) < 4.78 is 33.6. The van der Waals surface area contributed by atoms with Crippen molar-refractivity contribution in [3.05, 3.63) is 89.5 Å². The van der Waals surface area contributed by atoms with E-state index in [4.69, 9.17) is 10.6 Å². The van der Waals surface area contributed by atoms with Gasteiger partial charge < -0.3 is 10.6 Å². The van der Waals surface area contributed by atoms with Crippen LogP contribution in [0.5, 0.6) is 5.75 Å². The summed E-state index contributed by atoms with van der Waals surface area (Å²) in [6.45, 7) is 2.32. The fourth-order valence-electron chi connectivity index (χ4n) is 2.75. The molecule has 0 aliphatic carbocycles. The summed E-state index contributed by atoms with van der Waals surface area (Å²) in [5.74, 6) is 5.75. The van der Waals surface area contributed by atoms with Gasteiger partial charge in [0.2, 0.25) is 0 Å². The molecule has 7 heteroatoms. The van der Waals surface area contributed by atoms with Crippen LogP contribution in [0.3, 0.4) is 0 Å². The normalized spacial score (nSPS) is 11.5. The maximum Gasteiger partial charge on any atom is 0.261 e. The molecule has 3 aromatic rings. The Bertz CT molecular complexity index is 1080. The van der Waals surface area contributed by atoms with Gasteiger partial charge in [-0.25, -0.2) is 8.42 Å². The fourth-order valence-corrected chi connectivity index (χ4v) is 3.89. The van der Waals surface area contributed by atoms with Gasteiger partial charge in [-0.2, -0.15) is 5.10 Å². The van der Waals surface area contributed by atoms with Gasteiger partial charge in [-0.15, -0.1) is 0 Å². The lowest BCUT2D eigenvalue weighted by Gasteiger charge is -2.13. The lowest BCUT2D eigenvalue weighted by Crippen LogP contribution is -2.13. The number of hydrogen-bond donors (Lipinski definition) is 2. The summed E-state index contributed by atoms with van der Waals surface area (Å²) in [7, 11) is -3.65. The minimum Gasteiger partial charge on any atom is -0.493 e. The molecule has 0 aliphatic heterocycles. The van der Waals surface area contributed by atoms with Crippen LogP contribution in [-0.4, -0.2) is 21.2 Å². The second-order valence-electron chi connectivity index (χ2n) is 6.51. The number of ether oxygens (including phenoxy) is 1. The average molecular weight is 410 g/mol. The minimum atomic E-state index is -3.65. The molecule has 0 spiro atoms. The van der Waals surface area contributed by atoms with Gasteiger partial charge in [0, 0.05) is 12.5 Å². The van der Waals surface area contributed by atoms with Crippen LogP contribution in [0.25, 0.3) is 0 Å². The van der Waals surface area contributed by atoms with Crippen molar-refractivity contribution in [2.75, 3.05) is 11.3 Å². The van der Waals surface area contributed by atoms with Crippen molar-refractivity contribution in [1.29, 1.82) is 0 Å². The lowest BCUT2D eigenvalue weighted by atomic mass is 10.1. The fraction of sp³-hybridized carbons (Fsp3) is 0.136. The number of anilines is 1. The number of nitrogens with one attached hydrogen (secondary N) is 1. The van der Waals surface area contributed by atoms with E-state index >= 15 is 0 Å². The molecule has 0 radical (unpaired) electrons. The second kappa shape index (κ2) is 9.25. The molecule has 0 unspecified atom stereocenters. The average Bonchev–Trinajstić information content (AvgIpc) is 2.72. The Balaban J connectivity index is 1.64. The molecule has 3 rings (SSSR count). The zero-order valence-corrected chi connectivity index (χ0v) is 16.9. The summed E-state index contributed by atoms with van der Waals surface area (Å²) in [4.78, 5) is 0.217. The molecule has 6 nitrogen and oxygen atoms in total. The second-order valence-corrected chi connectivity index (χ2v) is 8.20. The zero-order chi connectivity index (χ0) is 20.7. The highest BCUT2D eigenvalue weighted by atomic mass is 32.2. The van der Waals surface area contributed by atoms with Crippen molar-refractivity contribution in [2.24, 2.45) is 10.9 Å². The summed E-state index contributed by atoms with van der Waals surface area (Å²) in [5.41, 5.74) is 3.37. The first-order chi connectivity index (χ1) is 14.0. The van der Waals surface area contributed by atoms with Crippen LogP contribution in [0.4, 0.5) is 5.69 Å². The Hall–Kier alpha value is -3.32. The van der Waals surface area contributed by atoms with E-state index in [9.17, 15) is 8.42 Å². The molecule has 150 valence electrons. The van der Waals surface area contributed by atoms with Gasteiger partial charge in [-0.3, -0.25) is 4.72 Å². The van der Waals surface area contributed by atoms with Crippen LogP contribution < -0.4 is 15.3 Å². The minimum absolute atomic E-state index is 0.217. The van der Waals surface area contributed by atoms with Crippen LogP contribution in [-0.2, 0) is 16.4 Å². The van der Waals surface area contributed by atoms with Crippen molar-refractivity contribution >= 4 is 21.9 Å². The van der Waals surface area contributed by atoms with Crippen molar-refractivity contribution in [1.82, 2.24) is 0 Å². The van der Waals surface area contributed by atoms with Crippen molar-refractivity contribution in [3.63, 3.8) is 0 Å². The number of hydrogen-bond acceptors (Lipinski definition) is 5. The molecule has 3 aromatic carbocycles. The summed E-state index contributed by atoms with van der Waals surface area (Å²) in [6.07, 6.45) is 2.31. The maximum absolute atomic E-state index is 12.6. The van der Waals surface area contributed by atoms with Gasteiger partial charge in [0.1, 0.15) is 5.75 Å².